The molecular formula is C12H12ClNO3S. The van der Waals surface area contributed by atoms with Crippen LogP contribution < -0.4 is 0 Å². The smallest absolute Gasteiger partial charge is 0.182 e. The predicted molar refractivity (Wildman–Crippen MR) is 68.3 cm³/mol. The monoisotopic (exact) mass is 285 g/mol. The van der Waals surface area contributed by atoms with Gasteiger partial charge in [-0.25, -0.2) is 8.42 Å². The maximum Gasteiger partial charge on any atom is 0.182 e. The quantitative estimate of drug-likeness (QED) is 0.870. The van der Waals surface area contributed by atoms with E-state index in [0.717, 1.165) is 0 Å². The van der Waals surface area contributed by atoms with E-state index in [1.807, 2.05) is 0 Å². The molecule has 0 unspecified atom stereocenters. The number of rotatable bonds is 3. The molecule has 0 aliphatic carbocycles. The highest BCUT2D eigenvalue weighted by atomic mass is 35.5. The summed E-state index contributed by atoms with van der Waals surface area (Å²) in [6.07, 6.45) is 0. The van der Waals surface area contributed by atoms with Crippen LogP contribution in [-0.4, -0.2) is 13.6 Å². The van der Waals surface area contributed by atoms with E-state index in [1.165, 1.54) is 12.1 Å². The van der Waals surface area contributed by atoms with Crippen molar-refractivity contribution in [1.82, 2.24) is 5.16 Å². The highest BCUT2D eigenvalue weighted by Crippen LogP contribution is 2.22. The van der Waals surface area contributed by atoms with E-state index in [2.05, 4.69) is 5.16 Å². The summed E-state index contributed by atoms with van der Waals surface area (Å²) in [4.78, 5) is 0.243. The van der Waals surface area contributed by atoms with Crippen molar-refractivity contribution in [2.75, 3.05) is 0 Å². The Kier molecular flexibility index (Phi) is 3.45. The summed E-state index contributed by atoms with van der Waals surface area (Å²) in [5.41, 5.74) is 1.22. The van der Waals surface area contributed by atoms with Gasteiger partial charge in [0.2, 0.25) is 0 Å². The van der Waals surface area contributed by atoms with E-state index in [9.17, 15) is 8.42 Å². The summed E-state index contributed by atoms with van der Waals surface area (Å²) in [6, 6.07) is 6.11. The Morgan fingerprint density at radius 1 is 1.22 bits per heavy atom. The van der Waals surface area contributed by atoms with Crippen LogP contribution in [0.3, 0.4) is 0 Å². The maximum absolute atomic E-state index is 12.2. The maximum atomic E-state index is 12.2. The van der Waals surface area contributed by atoms with Gasteiger partial charge in [-0.1, -0.05) is 16.8 Å². The molecule has 4 nitrogen and oxygen atoms in total. The number of aromatic nitrogens is 1. The van der Waals surface area contributed by atoms with Crippen molar-refractivity contribution in [2.24, 2.45) is 0 Å². The lowest BCUT2D eigenvalue weighted by atomic mass is 10.2. The molecule has 6 heteroatoms. The molecule has 0 radical (unpaired) electrons. The van der Waals surface area contributed by atoms with Crippen molar-refractivity contribution in [1.29, 1.82) is 0 Å². The van der Waals surface area contributed by atoms with Crippen LogP contribution in [0.2, 0.25) is 5.02 Å². The minimum Gasteiger partial charge on any atom is -0.361 e. The average molecular weight is 286 g/mol. The fourth-order valence-electron chi connectivity index (χ4n) is 1.62. The molecule has 0 atom stereocenters. The van der Waals surface area contributed by atoms with Gasteiger partial charge < -0.3 is 4.52 Å². The number of hydrogen-bond donors (Lipinski definition) is 0. The van der Waals surface area contributed by atoms with Crippen molar-refractivity contribution in [2.45, 2.75) is 24.5 Å². The lowest BCUT2D eigenvalue weighted by Gasteiger charge is -2.04. The molecular weight excluding hydrogens is 274 g/mol. The Morgan fingerprint density at radius 3 is 2.33 bits per heavy atom. The highest BCUT2D eigenvalue weighted by molar-refractivity contribution is 7.90. The zero-order valence-corrected chi connectivity index (χ0v) is 11.5. The van der Waals surface area contributed by atoms with Gasteiger partial charge in [0.05, 0.1) is 16.3 Å². The average Bonchev–Trinajstić information content (AvgIpc) is 2.61. The second-order valence-corrected chi connectivity index (χ2v) is 6.44. The molecule has 0 bridgehead atoms. The Labute approximate surface area is 110 Å². The molecule has 0 fully saturated rings. The molecule has 0 N–H and O–H groups in total. The van der Waals surface area contributed by atoms with E-state index in [1.54, 1.807) is 26.0 Å². The standard InChI is InChI=1S/C12H12ClNO3S/c1-8-12(9(2)17-14-8)7-18(15,16)11-5-3-10(13)4-6-11/h3-6H,7H2,1-2H3. The molecule has 0 aliphatic heterocycles. The van der Waals surface area contributed by atoms with E-state index in [0.29, 0.717) is 22.0 Å². The number of sulfone groups is 1. The lowest BCUT2D eigenvalue weighted by molar-refractivity contribution is 0.392. The van der Waals surface area contributed by atoms with Crippen LogP contribution in [0.4, 0.5) is 0 Å². The summed E-state index contributed by atoms with van der Waals surface area (Å²) in [5, 5.41) is 4.25. The van der Waals surface area contributed by atoms with Gasteiger partial charge in [-0.15, -0.1) is 0 Å². The molecule has 0 saturated carbocycles. The minimum absolute atomic E-state index is 0.115. The van der Waals surface area contributed by atoms with Gasteiger partial charge in [-0.3, -0.25) is 0 Å². The Balaban J connectivity index is 2.36. The lowest BCUT2D eigenvalue weighted by Crippen LogP contribution is -2.06. The fraction of sp³-hybridized carbons (Fsp3) is 0.250. The zero-order valence-electron chi connectivity index (χ0n) is 9.97. The normalized spacial score (nSPS) is 11.7. The first-order valence-electron chi connectivity index (χ1n) is 5.30. The van der Waals surface area contributed by atoms with Crippen LogP contribution >= 0.6 is 11.6 Å². The summed E-state index contributed by atoms with van der Waals surface area (Å²) in [6.45, 7) is 3.43. The summed E-state index contributed by atoms with van der Waals surface area (Å²) in [5.74, 6) is 0.417. The van der Waals surface area contributed by atoms with Gasteiger partial charge in [0.15, 0.2) is 9.84 Å². The molecule has 1 aromatic carbocycles. The summed E-state index contributed by atoms with van der Waals surface area (Å²) < 4.78 is 29.4. The third kappa shape index (κ3) is 2.57. The van der Waals surface area contributed by atoms with Crippen molar-refractivity contribution < 1.29 is 12.9 Å². The molecule has 2 aromatic rings. The largest absolute Gasteiger partial charge is 0.361 e. The molecule has 96 valence electrons. The van der Waals surface area contributed by atoms with Gasteiger partial charge in [0.1, 0.15) is 5.76 Å². The molecule has 1 aromatic heterocycles. The number of aryl methyl sites for hydroxylation is 2. The third-order valence-corrected chi connectivity index (χ3v) is 4.60. The SMILES string of the molecule is Cc1noc(C)c1CS(=O)(=O)c1ccc(Cl)cc1. The Morgan fingerprint density at radius 2 is 1.83 bits per heavy atom. The number of hydrogen-bond acceptors (Lipinski definition) is 4. The van der Waals surface area contributed by atoms with Crippen LogP contribution in [0.5, 0.6) is 0 Å². The van der Waals surface area contributed by atoms with E-state index >= 15 is 0 Å². The molecule has 1 heterocycles. The van der Waals surface area contributed by atoms with Crippen LogP contribution in [0.25, 0.3) is 0 Å². The summed E-state index contributed by atoms with van der Waals surface area (Å²) >= 11 is 5.74. The first kappa shape index (κ1) is 13.1. The van der Waals surface area contributed by atoms with Gasteiger partial charge >= 0.3 is 0 Å². The van der Waals surface area contributed by atoms with Crippen molar-refractivity contribution in [3.05, 3.63) is 46.3 Å². The van der Waals surface area contributed by atoms with E-state index < -0.39 is 9.84 Å². The number of nitrogens with zero attached hydrogens (tertiary/aromatic N) is 1. The molecule has 0 spiro atoms. The summed E-state index contributed by atoms with van der Waals surface area (Å²) in [7, 11) is -3.40. The predicted octanol–water partition coefficient (Wildman–Crippen LogP) is 2.92. The third-order valence-electron chi connectivity index (χ3n) is 2.69. The van der Waals surface area contributed by atoms with Crippen LogP contribution in [0, 0.1) is 13.8 Å². The highest BCUT2D eigenvalue weighted by Gasteiger charge is 2.20. The molecule has 2 rings (SSSR count). The first-order chi connectivity index (χ1) is 8.40. The van der Waals surface area contributed by atoms with E-state index in [-0.39, 0.29) is 10.6 Å². The van der Waals surface area contributed by atoms with E-state index in [4.69, 9.17) is 16.1 Å². The van der Waals surface area contributed by atoms with Crippen molar-refractivity contribution >= 4 is 21.4 Å². The number of halogens is 1. The molecule has 0 amide bonds. The van der Waals surface area contributed by atoms with Gasteiger partial charge in [-0.05, 0) is 38.1 Å². The molecule has 0 aliphatic rings. The second-order valence-electron chi connectivity index (χ2n) is 4.02. The van der Waals surface area contributed by atoms with Crippen molar-refractivity contribution in [3.63, 3.8) is 0 Å². The first-order valence-corrected chi connectivity index (χ1v) is 7.33. The Hall–Kier alpha value is -1.33. The topological polar surface area (TPSA) is 60.2 Å². The van der Waals surface area contributed by atoms with Gasteiger partial charge in [-0.2, -0.15) is 0 Å². The second kappa shape index (κ2) is 4.74. The molecule has 18 heavy (non-hydrogen) atoms. The van der Waals surface area contributed by atoms with Crippen LogP contribution in [0.15, 0.2) is 33.7 Å². The Bertz CT molecular complexity index is 640. The number of benzene rings is 1. The zero-order chi connectivity index (χ0) is 13.3. The fourth-order valence-corrected chi connectivity index (χ4v) is 3.26. The van der Waals surface area contributed by atoms with Crippen molar-refractivity contribution in [3.8, 4) is 0 Å². The minimum atomic E-state index is -3.40. The van der Waals surface area contributed by atoms with Gasteiger partial charge in [0.25, 0.3) is 0 Å². The van der Waals surface area contributed by atoms with Crippen LogP contribution in [-0.2, 0) is 15.6 Å². The van der Waals surface area contributed by atoms with Gasteiger partial charge in [0, 0.05) is 10.6 Å². The van der Waals surface area contributed by atoms with Crippen LogP contribution in [0.1, 0.15) is 17.0 Å². The molecule has 0 saturated heterocycles.